The molecule has 0 atom stereocenters. The van der Waals surface area contributed by atoms with Crippen molar-refractivity contribution in [3.8, 4) is 21.1 Å². The van der Waals surface area contributed by atoms with Crippen molar-refractivity contribution < 1.29 is 9.90 Å². The number of aromatic carboxylic acids is 1. The molecular formula is C14H7BrClNO2S2. The first-order valence-electron chi connectivity index (χ1n) is 5.78. The highest BCUT2D eigenvalue weighted by Crippen LogP contribution is 2.36. The summed E-state index contributed by atoms with van der Waals surface area (Å²) in [4.78, 5) is 16.3. The monoisotopic (exact) mass is 399 g/mol. The van der Waals surface area contributed by atoms with Gasteiger partial charge in [0, 0.05) is 20.8 Å². The third kappa shape index (κ3) is 3.03. The topological polar surface area (TPSA) is 50.2 Å². The van der Waals surface area contributed by atoms with Crippen molar-refractivity contribution >= 4 is 56.2 Å². The van der Waals surface area contributed by atoms with Gasteiger partial charge in [-0.05, 0) is 24.3 Å². The summed E-state index contributed by atoms with van der Waals surface area (Å²) in [6.07, 6.45) is 0. The van der Waals surface area contributed by atoms with Gasteiger partial charge in [-0.1, -0.05) is 27.5 Å². The smallest absolute Gasteiger partial charge is 0.336 e. The van der Waals surface area contributed by atoms with Crippen molar-refractivity contribution in [1.82, 2.24) is 4.98 Å². The number of hydrogen-bond donors (Lipinski definition) is 1. The average Bonchev–Trinajstić information content (AvgIpc) is 3.09. The average molecular weight is 401 g/mol. The summed E-state index contributed by atoms with van der Waals surface area (Å²) >= 11 is 12.5. The fourth-order valence-electron chi connectivity index (χ4n) is 1.75. The number of halogens is 2. The van der Waals surface area contributed by atoms with E-state index in [1.54, 1.807) is 11.4 Å². The Morgan fingerprint density at radius 3 is 2.76 bits per heavy atom. The van der Waals surface area contributed by atoms with Gasteiger partial charge >= 0.3 is 5.97 Å². The molecule has 7 heteroatoms. The Balaban J connectivity index is 1.99. The quantitative estimate of drug-likeness (QED) is 0.618. The number of hydrogen-bond acceptors (Lipinski definition) is 4. The molecule has 3 nitrogen and oxygen atoms in total. The number of carboxylic acids is 1. The van der Waals surface area contributed by atoms with E-state index in [0.717, 1.165) is 25.6 Å². The van der Waals surface area contributed by atoms with Gasteiger partial charge in [-0.15, -0.1) is 22.7 Å². The molecule has 0 aliphatic carbocycles. The molecule has 0 fully saturated rings. The van der Waals surface area contributed by atoms with Crippen molar-refractivity contribution in [3.05, 3.63) is 50.1 Å². The number of nitrogens with zero attached hydrogens (tertiary/aromatic N) is 1. The molecule has 2 heterocycles. The van der Waals surface area contributed by atoms with Crippen LogP contribution in [0.15, 0.2) is 39.5 Å². The summed E-state index contributed by atoms with van der Waals surface area (Å²) in [6, 6.07) is 7.24. The normalized spacial score (nSPS) is 10.8. The van der Waals surface area contributed by atoms with E-state index in [-0.39, 0.29) is 5.56 Å². The Kier molecular flexibility index (Phi) is 4.12. The maximum absolute atomic E-state index is 10.9. The fraction of sp³-hybridized carbons (Fsp3) is 0. The van der Waals surface area contributed by atoms with Gasteiger partial charge in [0.05, 0.1) is 21.2 Å². The highest BCUT2D eigenvalue weighted by molar-refractivity contribution is 9.10. The number of aromatic nitrogens is 1. The molecule has 0 unspecified atom stereocenters. The van der Waals surface area contributed by atoms with Crippen molar-refractivity contribution in [2.24, 2.45) is 0 Å². The van der Waals surface area contributed by atoms with Gasteiger partial charge < -0.3 is 5.11 Å². The van der Waals surface area contributed by atoms with Gasteiger partial charge in [0.2, 0.25) is 0 Å². The van der Waals surface area contributed by atoms with E-state index < -0.39 is 5.97 Å². The lowest BCUT2D eigenvalue weighted by molar-refractivity contribution is 0.0697. The summed E-state index contributed by atoms with van der Waals surface area (Å²) in [5.41, 5.74) is 1.91. The van der Waals surface area contributed by atoms with E-state index in [2.05, 4.69) is 20.9 Å². The van der Waals surface area contributed by atoms with Crippen LogP contribution in [0, 0.1) is 0 Å². The second kappa shape index (κ2) is 5.88. The van der Waals surface area contributed by atoms with Crippen molar-refractivity contribution in [1.29, 1.82) is 0 Å². The minimum Gasteiger partial charge on any atom is -0.478 e. The van der Waals surface area contributed by atoms with Crippen LogP contribution in [0.5, 0.6) is 0 Å². The summed E-state index contributed by atoms with van der Waals surface area (Å²) in [6.45, 7) is 0. The number of benzene rings is 1. The highest BCUT2D eigenvalue weighted by atomic mass is 79.9. The molecule has 0 spiro atoms. The zero-order chi connectivity index (χ0) is 15.0. The lowest BCUT2D eigenvalue weighted by Gasteiger charge is -2.00. The van der Waals surface area contributed by atoms with Crippen LogP contribution in [0.25, 0.3) is 21.1 Å². The van der Waals surface area contributed by atoms with Gasteiger partial charge in [0.15, 0.2) is 0 Å². The van der Waals surface area contributed by atoms with Crippen LogP contribution in [-0.4, -0.2) is 16.1 Å². The lowest BCUT2D eigenvalue weighted by atomic mass is 10.2. The van der Waals surface area contributed by atoms with E-state index in [1.165, 1.54) is 22.7 Å². The van der Waals surface area contributed by atoms with E-state index in [4.69, 9.17) is 16.7 Å². The Morgan fingerprint density at radius 1 is 1.24 bits per heavy atom. The number of carbonyl (C=O) groups is 1. The third-order valence-electron chi connectivity index (χ3n) is 2.76. The molecule has 0 aliphatic heterocycles. The zero-order valence-electron chi connectivity index (χ0n) is 10.3. The molecular weight excluding hydrogens is 394 g/mol. The Morgan fingerprint density at radius 2 is 2.05 bits per heavy atom. The van der Waals surface area contributed by atoms with Gasteiger partial charge in [-0.2, -0.15) is 0 Å². The lowest BCUT2D eigenvalue weighted by Crippen LogP contribution is -1.91. The molecule has 3 aromatic rings. The molecule has 0 bridgehead atoms. The standard InChI is InChI=1S/C14H7BrClNO2S2/c15-8-1-2-10(16)9(4-8)13-17-11(6-21-13)12-3-7(5-20-12)14(18)19/h1-6H,(H,18,19). The predicted octanol–water partition coefficient (Wildman–Crippen LogP) is 5.65. The first-order valence-corrected chi connectivity index (χ1v) is 8.71. The summed E-state index contributed by atoms with van der Waals surface area (Å²) in [7, 11) is 0. The van der Waals surface area contributed by atoms with E-state index >= 15 is 0 Å². The largest absolute Gasteiger partial charge is 0.478 e. The maximum atomic E-state index is 10.9. The van der Waals surface area contributed by atoms with Crippen LogP contribution in [0.4, 0.5) is 0 Å². The van der Waals surface area contributed by atoms with Gasteiger partial charge in [-0.25, -0.2) is 9.78 Å². The van der Waals surface area contributed by atoms with Gasteiger partial charge in [0.25, 0.3) is 0 Å². The molecule has 106 valence electrons. The first-order chi connectivity index (χ1) is 10.0. The summed E-state index contributed by atoms with van der Waals surface area (Å²) in [5, 5.41) is 13.9. The van der Waals surface area contributed by atoms with E-state index in [9.17, 15) is 4.79 Å². The second-order valence-electron chi connectivity index (χ2n) is 4.17. The predicted molar refractivity (Wildman–Crippen MR) is 90.5 cm³/mol. The molecule has 0 aliphatic rings. The first kappa shape index (κ1) is 14.7. The highest BCUT2D eigenvalue weighted by Gasteiger charge is 2.13. The number of rotatable bonds is 3. The van der Waals surface area contributed by atoms with Gasteiger partial charge in [0.1, 0.15) is 5.01 Å². The number of carboxylic acid groups (broad SMARTS) is 1. The summed E-state index contributed by atoms with van der Waals surface area (Å²) in [5.74, 6) is -0.928. The zero-order valence-corrected chi connectivity index (χ0v) is 14.3. The van der Waals surface area contributed by atoms with E-state index in [0.29, 0.717) is 5.02 Å². The van der Waals surface area contributed by atoms with Crippen molar-refractivity contribution in [2.75, 3.05) is 0 Å². The van der Waals surface area contributed by atoms with Gasteiger partial charge in [-0.3, -0.25) is 0 Å². The molecule has 2 aromatic heterocycles. The van der Waals surface area contributed by atoms with Crippen LogP contribution in [0.3, 0.4) is 0 Å². The minimum absolute atomic E-state index is 0.282. The summed E-state index contributed by atoms with van der Waals surface area (Å²) < 4.78 is 0.933. The molecule has 3 rings (SSSR count). The van der Waals surface area contributed by atoms with E-state index in [1.807, 2.05) is 23.6 Å². The molecule has 0 saturated carbocycles. The maximum Gasteiger partial charge on any atom is 0.336 e. The van der Waals surface area contributed by atoms with Crippen LogP contribution >= 0.6 is 50.2 Å². The molecule has 21 heavy (non-hydrogen) atoms. The third-order valence-corrected chi connectivity index (χ3v) is 5.41. The molecule has 0 radical (unpaired) electrons. The molecule has 0 amide bonds. The molecule has 1 aromatic carbocycles. The van der Waals surface area contributed by atoms with Crippen molar-refractivity contribution in [3.63, 3.8) is 0 Å². The number of thiazole rings is 1. The SMILES string of the molecule is O=C(O)c1csc(-c2csc(-c3cc(Br)ccc3Cl)n2)c1. The van der Waals surface area contributed by atoms with Crippen molar-refractivity contribution in [2.45, 2.75) is 0 Å². The van der Waals surface area contributed by atoms with Crippen LogP contribution < -0.4 is 0 Å². The molecule has 1 N–H and O–H groups in total. The number of thiophene rings is 1. The minimum atomic E-state index is -0.928. The fourth-order valence-corrected chi connectivity index (χ4v) is 4.15. The van der Waals surface area contributed by atoms with Crippen LogP contribution in [0.1, 0.15) is 10.4 Å². The second-order valence-corrected chi connectivity index (χ2v) is 7.26. The Hall–Kier alpha value is -1.21. The Labute approximate surface area is 142 Å². The molecule has 0 saturated heterocycles. The van der Waals surface area contributed by atoms with Crippen LogP contribution in [-0.2, 0) is 0 Å². The Bertz CT molecular complexity index is 828. The van der Waals surface area contributed by atoms with Crippen LogP contribution in [0.2, 0.25) is 5.02 Å².